The summed E-state index contributed by atoms with van der Waals surface area (Å²) in [6.45, 7) is 0.0639. The summed E-state index contributed by atoms with van der Waals surface area (Å²) in [6.07, 6.45) is 0. The standard InChI is InChI=1S/C20H15Cl2FN4O2/c21-14-7-5-13(6-8-14)19(29)27-20(26-17-2-1-3-18(28)25-17)24-11-12-4-9-15(22)16(23)10-12/h1-10H,11H2,(H3,24,25,26,27,28,29). The molecular weight excluding hydrogens is 418 g/mol. The van der Waals surface area contributed by atoms with Gasteiger partial charge in [-0.25, -0.2) is 9.38 Å². The molecule has 0 fully saturated rings. The molecule has 0 radical (unpaired) electrons. The third kappa shape index (κ3) is 5.91. The molecule has 1 aromatic heterocycles. The topological polar surface area (TPSA) is 86.3 Å². The molecule has 9 heteroatoms. The Bertz CT molecular complexity index is 1110. The number of halogens is 3. The van der Waals surface area contributed by atoms with Crippen LogP contribution in [0.4, 0.5) is 10.2 Å². The molecule has 3 N–H and O–H groups in total. The predicted octanol–water partition coefficient (Wildman–Crippen LogP) is 4.22. The maximum absolute atomic E-state index is 13.6. The second kappa shape index (κ2) is 9.36. The summed E-state index contributed by atoms with van der Waals surface area (Å²) in [5.41, 5.74) is 0.592. The third-order valence-electron chi connectivity index (χ3n) is 3.76. The molecule has 0 saturated heterocycles. The second-order valence-corrected chi connectivity index (χ2v) is 6.77. The van der Waals surface area contributed by atoms with Crippen LogP contribution in [0.15, 0.2) is 70.5 Å². The summed E-state index contributed by atoms with van der Waals surface area (Å²) in [6, 6.07) is 15.1. The minimum Gasteiger partial charge on any atom is -0.312 e. The first-order valence-corrected chi connectivity index (χ1v) is 9.18. The van der Waals surface area contributed by atoms with Crippen molar-refractivity contribution in [1.29, 1.82) is 0 Å². The third-order valence-corrected chi connectivity index (χ3v) is 4.32. The van der Waals surface area contributed by atoms with Crippen molar-refractivity contribution in [3.05, 3.63) is 98.0 Å². The van der Waals surface area contributed by atoms with Crippen molar-refractivity contribution in [1.82, 2.24) is 10.3 Å². The lowest BCUT2D eigenvalue weighted by molar-refractivity contribution is 0.0977. The van der Waals surface area contributed by atoms with E-state index < -0.39 is 11.7 Å². The lowest BCUT2D eigenvalue weighted by Crippen LogP contribution is -2.36. The number of hydrogen-bond donors (Lipinski definition) is 3. The SMILES string of the molecule is O=C(NC(=NCc1ccc(Cl)c(F)c1)Nc1cccc(=O)[nH]1)c1ccc(Cl)cc1. The molecule has 0 spiro atoms. The van der Waals surface area contributed by atoms with Gasteiger partial charge in [0.15, 0.2) is 0 Å². The average molecular weight is 433 g/mol. The van der Waals surface area contributed by atoms with Crippen molar-refractivity contribution in [3.63, 3.8) is 0 Å². The van der Waals surface area contributed by atoms with Crippen LogP contribution in [0.3, 0.4) is 0 Å². The van der Waals surface area contributed by atoms with E-state index >= 15 is 0 Å². The number of aromatic nitrogens is 1. The number of rotatable bonds is 4. The lowest BCUT2D eigenvalue weighted by Gasteiger charge is -2.12. The van der Waals surface area contributed by atoms with Crippen LogP contribution >= 0.6 is 23.2 Å². The van der Waals surface area contributed by atoms with Crippen molar-refractivity contribution < 1.29 is 9.18 Å². The minimum absolute atomic E-state index is 0.00831. The molecule has 6 nitrogen and oxygen atoms in total. The number of anilines is 1. The Labute approximate surface area is 175 Å². The largest absolute Gasteiger partial charge is 0.312 e. The fraction of sp³-hybridized carbons (Fsp3) is 0.0500. The van der Waals surface area contributed by atoms with Gasteiger partial charge in [0.05, 0.1) is 11.6 Å². The highest BCUT2D eigenvalue weighted by molar-refractivity contribution is 6.31. The van der Waals surface area contributed by atoms with E-state index in [4.69, 9.17) is 23.2 Å². The first-order chi connectivity index (χ1) is 13.9. The summed E-state index contributed by atoms with van der Waals surface area (Å²) in [5, 5.41) is 5.99. The van der Waals surface area contributed by atoms with Gasteiger partial charge in [-0.2, -0.15) is 0 Å². The minimum atomic E-state index is -0.563. The zero-order chi connectivity index (χ0) is 20.8. The van der Waals surface area contributed by atoms with E-state index in [2.05, 4.69) is 20.6 Å². The fourth-order valence-electron chi connectivity index (χ4n) is 2.35. The maximum Gasteiger partial charge on any atom is 0.257 e. The van der Waals surface area contributed by atoms with Gasteiger partial charge in [-0.3, -0.25) is 14.9 Å². The number of amides is 1. The first kappa shape index (κ1) is 20.6. The molecule has 0 bridgehead atoms. The van der Waals surface area contributed by atoms with E-state index in [0.29, 0.717) is 22.0 Å². The Balaban J connectivity index is 1.83. The number of aromatic amines is 1. The highest BCUT2D eigenvalue weighted by Crippen LogP contribution is 2.16. The quantitative estimate of drug-likeness (QED) is 0.426. The molecular formula is C20H15Cl2FN4O2. The van der Waals surface area contributed by atoms with Crippen LogP contribution in [0.1, 0.15) is 15.9 Å². The number of hydrogen-bond acceptors (Lipinski definition) is 3. The van der Waals surface area contributed by atoms with Crippen molar-refractivity contribution in [2.75, 3.05) is 5.32 Å². The molecule has 0 aliphatic carbocycles. The van der Waals surface area contributed by atoms with Crippen LogP contribution in [0, 0.1) is 5.82 Å². The summed E-state index contributed by atoms with van der Waals surface area (Å²) in [5.74, 6) is -0.600. The molecule has 0 saturated carbocycles. The zero-order valence-corrected chi connectivity index (χ0v) is 16.4. The second-order valence-electron chi connectivity index (χ2n) is 5.93. The Kier molecular flexibility index (Phi) is 6.64. The normalized spacial score (nSPS) is 11.2. The van der Waals surface area contributed by atoms with E-state index in [1.807, 2.05) is 0 Å². The molecule has 2 aromatic carbocycles. The highest BCUT2D eigenvalue weighted by atomic mass is 35.5. The van der Waals surface area contributed by atoms with Crippen LogP contribution < -0.4 is 16.2 Å². The van der Waals surface area contributed by atoms with Crippen molar-refractivity contribution in [2.45, 2.75) is 6.54 Å². The van der Waals surface area contributed by atoms with Gasteiger partial charge < -0.3 is 10.3 Å². The molecule has 0 aliphatic rings. The van der Waals surface area contributed by atoms with Crippen LogP contribution in [0.25, 0.3) is 0 Å². The van der Waals surface area contributed by atoms with Gasteiger partial charge in [0.25, 0.3) is 5.91 Å². The Hall–Kier alpha value is -3.16. The van der Waals surface area contributed by atoms with Crippen molar-refractivity contribution >= 4 is 40.9 Å². The Morgan fingerprint density at radius 2 is 1.83 bits per heavy atom. The number of H-pyrrole nitrogens is 1. The fourth-order valence-corrected chi connectivity index (χ4v) is 2.59. The molecule has 0 aliphatic heterocycles. The number of nitrogens with one attached hydrogen (secondary N) is 3. The van der Waals surface area contributed by atoms with Gasteiger partial charge in [-0.1, -0.05) is 35.3 Å². The van der Waals surface area contributed by atoms with Crippen LogP contribution in [0.2, 0.25) is 10.0 Å². The van der Waals surface area contributed by atoms with Crippen LogP contribution in [0.5, 0.6) is 0 Å². The number of aliphatic imine (C=N–C) groups is 1. The van der Waals surface area contributed by atoms with Gasteiger partial charge in [0.2, 0.25) is 11.5 Å². The van der Waals surface area contributed by atoms with Crippen LogP contribution in [-0.2, 0) is 6.54 Å². The number of guanidine groups is 1. The number of carbonyl (C=O) groups excluding carboxylic acids is 1. The van der Waals surface area contributed by atoms with Gasteiger partial charge >= 0.3 is 0 Å². The van der Waals surface area contributed by atoms with E-state index in [-0.39, 0.29) is 23.1 Å². The number of carbonyl (C=O) groups is 1. The van der Waals surface area contributed by atoms with Gasteiger partial charge in [0.1, 0.15) is 11.6 Å². The summed E-state index contributed by atoms with van der Waals surface area (Å²) in [7, 11) is 0. The Morgan fingerprint density at radius 3 is 2.52 bits per heavy atom. The number of benzene rings is 2. The molecule has 0 unspecified atom stereocenters. The maximum atomic E-state index is 13.6. The molecule has 148 valence electrons. The van der Waals surface area contributed by atoms with Crippen molar-refractivity contribution in [3.8, 4) is 0 Å². The summed E-state index contributed by atoms with van der Waals surface area (Å²) >= 11 is 11.5. The predicted molar refractivity (Wildman–Crippen MR) is 112 cm³/mol. The number of pyridine rings is 1. The van der Waals surface area contributed by atoms with Gasteiger partial charge in [-0.15, -0.1) is 0 Å². The van der Waals surface area contributed by atoms with Gasteiger partial charge in [0, 0.05) is 16.7 Å². The van der Waals surface area contributed by atoms with E-state index in [9.17, 15) is 14.0 Å². The first-order valence-electron chi connectivity index (χ1n) is 8.42. The molecule has 29 heavy (non-hydrogen) atoms. The van der Waals surface area contributed by atoms with Crippen LogP contribution in [-0.4, -0.2) is 16.9 Å². The summed E-state index contributed by atoms with van der Waals surface area (Å²) < 4.78 is 13.6. The molecule has 3 rings (SSSR count). The van der Waals surface area contributed by atoms with Gasteiger partial charge in [-0.05, 0) is 48.0 Å². The van der Waals surface area contributed by atoms with E-state index in [1.165, 1.54) is 18.2 Å². The highest BCUT2D eigenvalue weighted by Gasteiger charge is 2.10. The number of nitrogens with zero attached hydrogens (tertiary/aromatic N) is 1. The zero-order valence-electron chi connectivity index (χ0n) is 14.9. The molecule has 3 aromatic rings. The smallest absolute Gasteiger partial charge is 0.257 e. The van der Waals surface area contributed by atoms with Crippen molar-refractivity contribution in [2.24, 2.45) is 4.99 Å². The van der Waals surface area contributed by atoms with E-state index in [0.717, 1.165) is 0 Å². The monoisotopic (exact) mass is 432 g/mol. The molecule has 0 atom stereocenters. The lowest BCUT2D eigenvalue weighted by atomic mass is 10.2. The molecule has 1 heterocycles. The Morgan fingerprint density at radius 1 is 1.07 bits per heavy atom. The average Bonchev–Trinajstić information content (AvgIpc) is 2.69. The summed E-state index contributed by atoms with van der Waals surface area (Å²) in [4.78, 5) is 30.9. The van der Waals surface area contributed by atoms with E-state index in [1.54, 1.807) is 42.5 Å². The molecule has 1 amide bonds.